The van der Waals surface area contributed by atoms with E-state index < -0.39 is 0 Å². The number of nitrogens with one attached hydrogen (secondary N) is 1. The molecule has 0 aliphatic carbocycles. The molecule has 3 N–H and O–H groups in total. The lowest BCUT2D eigenvalue weighted by atomic mass is 10.2. The summed E-state index contributed by atoms with van der Waals surface area (Å²) in [6.07, 6.45) is 0. The van der Waals surface area contributed by atoms with Crippen molar-refractivity contribution in [2.24, 2.45) is 0 Å². The van der Waals surface area contributed by atoms with Crippen LogP contribution in [0.4, 0.5) is 11.4 Å². The van der Waals surface area contributed by atoms with Crippen LogP contribution in [-0.2, 0) is 4.79 Å². The van der Waals surface area contributed by atoms with Gasteiger partial charge in [0.2, 0.25) is 0 Å². The van der Waals surface area contributed by atoms with Crippen LogP contribution in [0.15, 0.2) is 46.9 Å². The molecule has 2 rings (SSSR count). The number of nitriles is 1. The van der Waals surface area contributed by atoms with Crippen molar-refractivity contribution in [1.82, 2.24) is 0 Å². The van der Waals surface area contributed by atoms with Crippen molar-refractivity contribution in [2.45, 2.75) is 0 Å². The zero-order valence-electron chi connectivity index (χ0n) is 11.0. The fourth-order valence-corrected chi connectivity index (χ4v) is 2.06. The largest absolute Gasteiger partial charge is 0.484 e. The number of carbonyl (C=O) groups is 1. The molecular weight excluding hydrogens is 334 g/mol. The van der Waals surface area contributed by atoms with Crippen LogP contribution in [0.2, 0.25) is 0 Å². The molecular formula is C15H12BrN3O2. The number of carbonyl (C=O) groups excluding carboxylic acids is 1. The summed E-state index contributed by atoms with van der Waals surface area (Å²) >= 11 is 3.30. The number of hydrogen-bond donors (Lipinski definition) is 2. The van der Waals surface area contributed by atoms with E-state index in [1.807, 2.05) is 6.07 Å². The Hall–Kier alpha value is -2.52. The number of ether oxygens (including phenoxy) is 1. The summed E-state index contributed by atoms with van der Waals surface area (Å²) in [7, 11) is 0. The van der Waals surface area contributed by atoms with Crippen molar-refractivity contribution in [3.8, 4) is 11.8 Å². The highest BCUT2D eigenvalue weighted by atomic mass is 79.9. The third kappa shape index (κ3) is 4.23. The SMILES string of the molecule is N#Cc1ccc(NC(=O)COc2ccc(N)cc2)c(Br)c1. The minimum absolute atomic E-state index is 0.115. The second-order valence-electron chi connectivity index (χ2n) is 4.21. The first-order valence-electron chi connectivity index (χ1n) is 6.06. The van der Waals surface area contributed by atoms with Gasteiger partial charge in [0.1, 0.15) is 5.75 Å². The molecule has 0 aliphatic rings. The number of nitrogen functional groups attached to an aromatic ring is 1. The molecule has 2 aromatic rings. The van der Waals surface area contributed by atoms with Crippen LogP contribution in [0, 0.1) is 11.3 Å². The predicted molar refractivity (Wildman–Crippen MR) is 83.8 cm³/mol. The highest BCUT2D eigenvalue weighted by Crippen LogP contribution is 2.23. The van der Waals surface area contributed by atoms with Crippen molar-refractivity contribution >= 4 is 33.2 Å². The Balaban J connectivity index is 1.93. The second kappa shape index (κ2) is 6.77. The maximum atomic E-state index is 11.8. The summed E-state index contributed by atoms with van der Waals surface area (Å²) in [6, 6.07) is 13.7. The monoisotopic (exact) mass is 345 g/mol. The number of halogens is 1. The standard InChI is InChI=1S/C15H12BrN3O2/c16-13-7-10(8-17)1-6-14(13)19-15(20)9-21-12-4-2-11(18)3-5-12/h1-7H,9,18H2,(H,19,20). The lowest BCUT2D eigenvalue weighted by Gasteiger charge is -2.09. The molecule has 0 bridgehead atoms. The molecule has 5 nitrogen and oxygen atoms in total. The van der Waals surface area contributed by atoms with Crippen LogP contribution >= 0.6 is 15.9 Å². The normalized spacial score (nSPS) is 9.71. The molecule has 0 aromatic heterocycles. The van der Waals surface area contributed by atoms with Gasteiger partial charge in [-0.25, -0.2) is 0 Å². The number of nitrogens with zero attached hydrogens (tertiary/aromatic N) is 1. The first-order chi connectivity index (χ1) is 10.1. The van der Waals surface area contributed by atoms with E-state index in [1.54, 1.807) is 42.5 Å². The van der Waals surface area contributed by atoms with Crippen LogP contribution in [-0.4, -0.2) is 12.5 Å². The average Bonchev–Trinajstić information content (AvgIpc) is 2.48. The van der Waals surface area contributed by atoms with Crippen molar-refractivity contribution in [1.29, 1.82) is 5.26 Å². The average molecular weight is 346 g/mol. The molecule has 1 amide bonds. The number of nitrogens with two attached hydrogens (primary N) is 1. The fraction of sp³-hybridized carbons (Fsp3) is 0.0667. The van der Waals surface area contributed by atoms with E-state index in [2.05, 4.69) is 21.2 Å². The van der Waals surface area contributed by atoms with Gasteiger partial charge in [0.05, 0.1) is 17.3 Å². The summed E-state index contributed by atoms with van der Waals surface area (Å²) in [6.45, 7) is -0.115. The van der Waals surface area contributed by atoms with Gasteiger partial charge in [-0.15, -0.1) is 0 Å². The van der Waals surface area contributed by atoms with Gasteiger partial charge >= 0.3 is 0 Å². The predicted octanol–water partition coefficient (Wildman–Crippen LogP) is 2.92. The number of anilines is 2. The highest BCUT2D eigenvalue weighted by molar-refractivity contribution is 9.10. The minimum Gasteiger partial charge on any atom is -0.484 e. The molecule has 2 aromatic carbocycles. The van der Waals surface area contributed by atoms with Gasteiger partial charge in [0.15, 0.2) is 6.61 Å². The first kappa shape index (κ1) is 14.9. The number of benzene rings is 2. The van der Waals surface area contributed by atoms with Gasteiger partial charge in [-0.3, -0.25) is 4.79 Å². The lowest BCUT2D eigenvalue weighted by Crippen LogP contribution is -2.20. The molecule has 0 spiro atoms. The van der Waals surface area contributed by atoms with E-state index in [0.29, 0.717) is 27.2 Å². The molecule has 0 heterocycles. The molecule has 0 saturated carbocycles. The third-order valence-corrected chi connectivity index (χ3v) is 3.28. The molecule has 0 atom stereocenters. The maximum absolute atomic E-state index is 11.8. The van der Waals surface area contributed by atoms with Gasteiger partial charge in [-0.2, -0.15) is 5.26 Å². The van der Waals surface area contributed by atoms with E-state index >= 15 is 0 Å². The van der Waals surface area contributed by atoms with Crippen molar-refractivity contribution in [3.63, 3.8) is 0 Å². The van der Waals surface area contributed by atoms with Crippen LogP contribution in [0.25, 0.3) is 0 Å². The van der Waals surface area contributed by atoms with E-state index in [0.717, 1.165) is 0 Å². The van der Waals surface area contributed by atoms with Gasteiger partial charge in [-0.1, -0.05) is 0 Å². The Labute approximate surface area is 130 Å². The Morgan fingerprint density at radius 3 is 2.62 bits per heavy atom. The molecule has 106 valence electrons. The molecule has 0 unspecified atom stereocenters. The summed E-state index contributed by atoms with van der Waals surface area (Å²) < 4.78 is 5.99. The quantitative estimate of drug-likeness (QED) is 0.833. The zero-order chi connectivity index (χ0) is 15.2. The topological polar surface area (TPSA) is 88.1 Å². The minimum atomic E-state index is -0.294. The zero-order valence-corrected chi connectivity index (χ0v) is 12.6. The number of amides is 1. The smallest absolute Gasteiger partial charge is 0.262 e. The summed E-state index contributed by atoms with van der Waals surface area (Å²) in [4.78, 5) is 11.8. The summed E-state index contributed by atoms with van der Waals surface area (Å²) in [5, 5.41) is 11.5. The van der Waals surface area contributed by atoms with Gasteiger partial charge in [0, 0.05) is 10.2 Å². The maximum Gasteiger partial charge on any atom is 0.262 e. The van der Waals surface area contributed by atoms with Gasteiger partial charge < -0.3 is 15.8 Å². The van der Waals surface area contributed by atoms with E-state index in [9.17, 15) is 4.79 Å². The molecule has 0 fully saturated rings. The van der Waals surface area contributed by atoms with Gasteiger partial charge in [-0.05, 0) is 58.4 Å². The lowest BCUT2D eigenvalue weighted by molar-refractivity contribution is -0.118. The Kier molecular flexibility index (Phi) is 4.80. The van der Waals surface area contributed by atoms with Gasteiger partial charge in [0.25, 0.3) is 5.91 Å². The Morgan fingerprint density at radius 2 is 2.00 bits per heavy atom. The van der Waals surface area contributed by atoms with E-state index in [4.69, 9.17) is 15.7 Å². The van der Waals surface area contributed by atoms with Crippen LogP contribution in [0.5, 0.6) is 5.75 Å². The van der Waals surface area contributed by atoms with E-state index in [-0.39, 0.29) is 12.5 Å². The molecule has 0 radical (unpaired) electrons. The molecule has 0 aliphatic heterocycles. The molecule has 6 heteroatoms. The van der Waals surface area contributed by atoms with Crippen LogP contribution < -0.4 is 15.8 Å². The molecule has 21 heavy (non-hydrogen) atoms. The summed E-state index contributed by atoms with van der Waals surface area (Å²) in [5.74, 6) is 0.274. The number of hydrogen-bond acceptors (Lipinski definition) is 4. The number of rotatable bonds is 4. The van der Waals surface area contributed by atoms with Crippen molar-refractivity contribution in [3.05, 3.63) is 52.5 Å². The van der Waals surface area contributed by atoms with Crippen molar-refractivity contribution in [2.75, 3.05) is 17.7 Å². The third-order valence-electron chi connectivity index (χ3n) is 2.62. The highest BCUT2D eigenvalue weighted by Gasteiger charge is 2.07. The summed E-state index contributed by atoms with van der Waals surface area (Å²) in [5.41, 5.74) is 7.29. The Bertz CT molecular complexity index is 693. The van der Waals surface area contributed by atoms with Crippen LogP contribution in [0.1, 0.15) is 5.56 Å². The molecule has 0 saturated heterocycles. The Morgan fingerprint density at radius 1 is 1.29 bits per heavy atom. The van der Waals surface area contributed by atoms with Crippen LogP contribution in [0.3, 0.4) is 0 Å². The van der Waals surface area contributed by atoms with E-state index in [1.165, 1.54) is 0 Å². The second-order valence-corrected chi connectivity index (χ2v) is 5.07. The van der Waals surface area contributed by atoms with Crippen molar-refractivity contribution < 1.29 is 9.53 Å². The first-order valence-corrected chi connectivity index (χ1v) is 6.85. The fourth-order valence-electron chi connectivity index (χ4n) is 1.59.